The van der Waals surface area contributed by atoms with Gasteiger partial charge < -0.3 is 5.32 Å². The summed E-state index contributed by atoms with van der Waals surface area (Å²) in [4.78, 5) is 22.3. The van der Waals surface area contributed by atoms with E-state index in [0.29, 0.717) is 27.5 Å². The number of fused-ring (bicyclic) bond motifs is 1. The zero-order valence-corrected chi connectivity index (χ0v) is 17.8. The molecule has 11 heteroatoms. The van der Waals surface area contributed by atoms with Crippen LogP contribution in [-0.4, -0.2) is 37.9 Å². The van der Waals surface area contributed by atoms with E-state index in [9.17, 15) is 10.1 Å². The number of amidine groups is 2. The topological polar surface area (TPSA) is 109 Å². The van der Waals surface area contributed by atoms with E-state index in [1.165, 1.54) is 17.4 Å². The highest BCUT2D eigenvalue weighted by atomic mass is 32.1. The number of aromatic nitrogens is 2. The number of nitro groups is 1. The van der Waals surface area contributed by atoms with Crippen LogP contribution in [0, 0.1) is 17.0 Å². The summed E-state index contributed by atoms with van der Waals surface area (Å²) >= 11 is 6.84. The SMILES string of the molecule is Cc1nnc(N2C(c3ccccc3)=N[C@H]3C2=NC(=S)N[C@H]3c2cccc([N+](=O)[O-])c2)s1. The summed E-state index contributed by atoms with van der Waals surface area (Å²) in [5.74, 6) is 1.30. The van der Waals surface area contributed by atoms with Crippen LogP contribution in [0.3, 0.4) is 0 Å². The van der Waals surface area contributed by atoms with Crippen LogP contribution in [-0.2, 0) is 0 Å². The molecule has 0 unspecified atom stereocenters. The highest BCUT2D eigenvalue weighted by Crippen LogP contribution is 2.35. The molecular weight excluding hydrogens is 434 g/mol. The molecule has 2 atom stereocenters. The predicted octanol–water partition coefficient (Wildman–Crippen LogP) is 3.42. The van der Waals surface area contributed by atoms with E-state index in [-0.39, 0.29) is 5.69 Å². The Morgan fingerprint density at radius 3 is 2.68 bits per heavy atom. The largest absolute Gasteiger partial charge is 0.351 e. The molecule has 2 aliphatic heterocycles. The van der Waals surface area contributed by atoms with Crippen LogP contribution in [0.1, 0.15) is 22.2 Å². The fourth-order valence-electron chi connectivity index (χ4n) is 3.63. The van der Waals surface area contributed by atoms with E-state index in [2.05, 4.69) is 20.5 Å². The molecule has 31 heavy (non-hydrogen) atoms. The summed E-state index contributed by atoms with van der Waals surface area (Å²) in [5, 5.41) is 24.7. The molecule has 0 aliphatic carbocycles. The van der Waals surface area contributed by atoms with Crippen molar-refractivity contribution in [1.29, 1.82) is 0 Å². The van der Waals surface area contributed by atoms with Gasteiger partial charge in [-0.25, -0.2) is 4.99 Å². The number of nitro benzene ring substituents is 1. The Balaban J connectivity index is 1.65. The molecule has 1 N–H and O–H groups in total. The third-order valence-corrected chi connectivity index (χ3v) is 5.99. The Bertz CT molecular complexity index is 1260. The molecule has 0 spiro atoms. The molecule has 3 aromatic rings. The average Bonchev–Trinajstić information content (AvgIpc) is 3.37. The van der Waals surface area contributed by atoms with Crippen molar-refractivity contribution >= 4 is 51.2 Å². The van der Waals surface area contributed by atoms with Gasteiger partial charge >= 0.3 is 0 Å². The Labute approximate surface area is 186 Å². The van der Waals surface area contributed by atoms with Gasteiger partial charge in [0.25, 0.3) is 5.69 Å². The Morgan fingerprint density at radius 1 is 1.16 bits per heavy atom. The number of hydrogen-bond acceptors (Lipinski definition) is 8. The van der Waals surface area contributed by atoms with E-state index < -0.39 is 17.0 Å². The van der Waals surface area contributed by atoms with Crippen molar-refractivity contribution in [2.75, 3.05) is 4.90 Å². The standard InChI is InChI=1S/C20H15N7O2S2/c1-11-24-25-20(31-11)26-17(12-6-3-2-4-7-12)21-16-15(22-19(30)23-18(16)26)13-8-5-9-14(10-13)27(28)29/h2-10,15-16H,1H3,(H,22,30)/t15-,16+/m0/s1. The predicted molar refractivity (Wildman–Crippen MR) is 123 cm³/mol. The van der Waals surface area contributed by atoms with Gasteiger partial charge in [-0.15, -0.1) is 10.2 Å². The van der Waals surface area contributed by atoms with Gasteiger partial charge in [0, 0.05) is 17.7 Å². The van der Waals surface area contributed by atoms with Gasteiger partial charge in [0.15, 0.2) is 5.11 Å². The van der Waals surface area contributed by atoms with E-state index in [0.717, 1.165) is 10.6 Å². The number of hydrogen-bond donors (Lipinski definition) is 1. The molecule has 0 amide bonds. The Morgan fingerprint density at radius 2 is 1.97 bits per heavy atom. The lowest BCUT2D eigenvalue weighted by molar-refractivity contribution is -0.384. The van der Waals surface area contributed by atoms with Crippen LogP contribution in [0.5, 0.6) is 0 Å². The van der Waals surface area contributed by atoms with Gasteiger partial charge in [0.05, 0.1) is 11.0 Å². The first-order chi connectivity index (χ1) is 15.0. The van der Waals surface area contributed by atoms with E-state index >= 15 is 0 Å². The van der Waals surface area contributed by atoms with Crippen LogP contribution < -0.4 is 10.2 Å². The number of nitrogens with zero attached hydrogens (tertiary/aromatic N) is 6. The summed E-state index contributed by atoms with van der Waals surface area (Å²) < 4.78 is 0. The molecular formula is C20H15N7O2S2. The van der Waals surface area contributed by atoms with Gasteiger partial charge in [0.2, 0.25) is 5.13 Å². The van der Waals surface area contributed by atoms with Crippen molar-refractivity contribution in [3.63, 3.8) is 0 Å². The van der Waals surface area contributed by atoms with Crippen molar-refractivity contribution in [3.8, 4) is 0 Å². The van der Waals surface area contributed by atoms with Gasteiger partial charge in [-0.3, -0.25) is 20.0 Å². The van der Waals surface area contributed by atoms with Gasteiger partial charge in [-0.2, -0.15) is 0 Å². The maximum absolute atomic E-state index is 11.3. The van der Waals surface area contributed by atoms with Gasteiger partial charge in [0.1, 0.15) is 22.7 Å². The van der Waals surface area contributed by atoms with E-state index in [1.807, 2.05) is 48.2 Å². The van der Waals surface area contributed by atoms with Crippen molar-refractivity contribution in [1.82, 2.24) is 15.5 Å². The summed E-state index contributed by atoms with van der Waals surface area (Å²) in [6, 6.07) is 15.4. The summed E-state index contributed by atoms with van der Waals surface area (Å²) in [6.45, 7) is 1.88. The monoisotopic (exact) mass is 449 g/mol. The number of aryl methyl sites for hydroxylation is 1. The summed E-state index contributed by atoms with van der Waals surface area (Å²) in [5.41, 5.74) is 1.62. The number of nitrogens with one attached hydrogen (secondary N) is 1. The van der Waals surface area contributed by atoms with Gasteiger partial charge in [-0.05, 0) is 24.7 Å². The minimum absolute atomic E-state index is 0.0103. The number of rotatable bonds is 4. The highest BCUT2D eigenvalue weighted by Gasteiger charge is 2.44. The molecule has 2 aromatic carbocycles. The highest BCUT2D eigenvalue weighted by molar-refractivity contribution is 7.80. The first-order valence-electron chi connectivity index (χ1n) is 9.38. The zero-order chi connectivity index (χ0) is 21.5. The molecule has 0 bridgehead atoms. The van der Waals surface area contributed by atoms with Crippen molar-refractivity contribution in [2.45, 2.75) is 19.0 Å². The summed E-state index contributed by atoms with van der Waals surface area (Å²) in [7, 11) is 0. The molecule has 0 fully saturated rings. The van der Waals surface area contributed by atoms with Crippen molar-refractivity contribution in [2.24, 2.45) is 9.98 Å². The normalized spacial score (nSPS) is 20.0. The van der Waals surface area contributed by atoms with Crippen LogP contribution in [0.25, 0.3) is 0 Å². The third-order valence-electron chi connectivity index (χ3n) is 4.96. The molecule has 1 aromatic heterocycles. The lowest BCUT2D eigenvalue weighted by Crippen LogP contribution is -2.47. The molecule has 2 aliphatic rings. The zero-order valence-electron chi connectivity index (χ0n) is 16.2. The number of benzene rings is 2. The van der Waals surface area contributed by atoms with Crippen LogP contribution >= 0.6 is 23.6 Å². The molecule has 3 heterocycles. The molecule has 154 valence electrons. The minimum atomic E-state index is -0.437. The average molecular weight is 450 g/mol. The first kappa shape index (κ1) is 19.4. The van der Waals surface area contributed by atoms with Crippen LogP contribution in [0.15, 0.2) is 64.6 Å². The fraction of sp³-hybridized carbons (Fsp3) is 0.150. The maximum Gasteiger partial charge on any atom is 0.269 e. The molecule has 0 saturated heterocycles. The number of thiocarbonyl (C=S) groups is 1. The minimum Gasteiger partial charge on any atom is -0.351 e. The second-order valence-electron chi connectivity index (χ2n) is 6.95. The summed E-state index contributed by atoms with van der Waals surface area (Å²) in [6.07, 6.45) is 0. The second-order valence-corrected chi connectivity index (χ2v) is 8.50. The van der Waals surface area contributed by atoms with Crippen molar-refractivity contribution in [3.05, 3.63) is 80.8 Å². The quantitative estimate of drug-likeness (QED) is 0.369. The number of non-ortho nitro benzene ring substituents is 1. The Kier molecular flexibility index (Phi) is 4.75. The van der Waals surface area contributed by atoms with E-state index in [4.69, 9.17) is 17.2 Å². The second kappa shape index (κ2) is 7.60. The lowest BCUT2D eigenvalue weighted by Gasteiger charge is -2.29. The van der Waals surface area contributed by atoms with Crippen molar-refractivity contribution < 1.29 is 4.92 Å². The molecule has 5 rings (SSSR count). The smallest absolute Gasteiger partial charge is 0.269 e. The molecule has 0 saturated carbocycles. The number of anilines is 1. The first-order valence-corrected chi connectivity index (χ1v) is 10.6. The third kappa shape index (κ3) is 3.47. The van der Waals surface area contributed by atoms with Crippen LogP contribution in [0.4, 0.5) is 10.8 Å². The molecule has 9 nitrogen and oxygen atoms in total. The lowest BCUT2D eigenvalue weighted by atomic mass is 9.97. The number of aliphatic imine (C=N–C) groups is 2. The fourth-order valence-corrected chi connectivity index (χ4v) is 4.55. The maximum atomic E-state index is 11.3. The van der Waals surface area contributed by atoms with Crippen LogP contribution in [0.2, 0.25) is 0 Å². The Hall–Kier alpha value is -3.57. The molecule has 0 radical (unpaired) electrons. The van der Waals surface area contributed by atoms with E-state index in [1.54, 1.807) is 12.1 Å². The van der Waals surface area contributed by atoms with Gasteiger partial charge in [-0.1, -0.05) is 53.8 Å².